The molecular formula is C74H40BN3. The number of fused-ring (bicyclic) bond motifs is 14. The van der Waals surface area contributed by atoms with Crippen LogP contribution in [-0.2, 0) is 0 Å². The highest BCUT2D eigenvalue weighted by atomic mass is 15.1. The third-order valence-corrected chi connectivity index (χ3v) is 18.6. The van der Waals surface area contributed by atoms with Gasteiger partial charge in [-0.1, -0.05) is 194 Å². The van der Waals surface area contributed by atoms with Gasteiger partial charge >= 0.3 is 0 Å². The fourth-order valence-electron chi connectivity index (χ4n) is 15.7. The molecule has 0 radical (unpaired) electrons. The summed E-state index contributed by atoms with van der Waals surface area (Å²) in [5.41, 5.74) is 30.3. The second kappa shape index (κ2) is 14.0. The zero-order valence-electron chi connectivity index (χ0n) is 42.0. The van der Waals surface area contributed by atoms with Gasteiger partial charge in [-0.15, -0.1) is 0 Å². The fourth-order valence-corrected chi connectivity index (χ4v) is 15.7. The van der Waals surface area contributed by atoms with Gasteiger partial charge in [-0.3, -0.25) is 0 Å². The van der Waals surface area contributed by atoms with Crippen LogP contribution in [0.25, 0.3) is 171 Å². The molecular weight excluding hydrogens is 942 g/mol. The van der Waals surface area contributed by atoms with Crippen LogP contribution in [0.4, 0.5) is 0 Å². The Labute approximate surface area is 447 Å². The molecule has 4 heteroatoms. The minimum absolute atomic E-state index is 0.0611. The van der Waals surface area contributed by atoms with Crippen molar-refractivity contribution in [2.45, 2.75) is 0 Å². The van der Waals surface area contributed by atoms with Crippen LogP contribution in [0.15, 0.2) is 243 Å². The number of rotatable bonds is 3. The summed E-state index contributed by atoms with van der Waals surface area (Å²) < 4.78 is 7.96. The molecule has 13 aromatic carbocycles. The normalized spacial score (nSPS) is 13.1. The molecule has 2 aliphatic heterocycles. The highest BCUT2D eigenvalue weighted by molar-refractivity contribution is 7.00. The molecule has 20 rings (SSSR count). The monoisotopic (exact) mass is 981 g/mol. The maximum absolute atomic E-state index is 2.70. The topological polar surface area (TPSA) is 14.8 Å². The molecule has 0 N–H and O–H groups in total. The third-order valence-electron chi connectivity index (χ3n) is 18.6. The maximum Gasteiger partial charge on any atom is 0.252 e. The molecule has 16 aromatic rings. The van der Waals surface area contributed by atoms with E-state index in [4.69, 9.17) is 0 Å². The van der Waals surface area contributed by atoms with E-state index in [9.17, 15) is 0 Å². The second-order valence-electron chi connectivity index (χ2n) is 22.2. The number of hydrogen-bond acceptors (Lipinski definition) is 0. The summed E-state index contributed by atoms with van der Waals surface area (Å²) in [5, 5.41) is 13.0. The molecule has 0 saturated carbocycles. The molecule has 78 heavy (non-hydrogen) atoms. The van der Waals surface area contributed by atoms with E-state index in [1.807, 2.05) is 0 Å². The van der Waals surface area contributed by atoms with Gasteiger partial charge in [0.1, 0.15) is 0 Å². The average Bonchev–Trinajstić information content (AvgIpc) is 4.26. The van der Waals surface area contributed by atoms with Gasteiger partial charge in [0, 0.05) is 49.2 Å². The minimum Gasteiger partial charge on any atom is -0.310 e. The summed E-state index contributed by atoms with van der Waals surface area (Å²) >= 11 is 0. The van der Waals surface area contributed by atoms with Crippen molar-refractivity contribution in [3.63, 3.8) is 0 Å². The van der Waals surface area contributed by atoms with Crippen molar-refractivity contribution in [2.75, 3.05) is 0 Å². The van der Waals surface area contributed by atoms with E-state index in [0.29, 0.717) is 0 Å². The van der Waals surface area contributed by atoms with Gasteiger partial charge in [0.15, 0.2) is 0 Å². The summed E-state index contributed by atoms with van der Waals surface area (Å²) in [6, 6.07) is 92.7. The quantitative estimate of drug-likeness (QED) is 0.157. The average molecular weight is 982 g/mol. The van der Waals surface area contributed by atoms with Crippen LogP contribution in [-0.4, -0.2) is 20.4 Å². The summed E-state index contributed by atoms with van der Waals surface area (Å²) in [4.78, 5) is 0. The Balaban J connectivity index is 0.998. The van der Waals surface area contributed by atoms with E-state index in [2.05, 4.69) is 256 Å². The highest BCUT2D eigenvalue weighted by Gasteiger charge is 2.43. The zero-order valence-corrected chi connectivity index (χ0v) is 42.0. The predicted molar refractivity (Wildman–Crippen MR) is 329 cm³/mol. The van der Waals surface area contributed by atoms with Crippen LogP contribution in [0.5, 0.6) is 0 Å². The van der Waals surface area contributed by atoms with Crippen LogP contribution in [0, 0.1) is 0 Å². The molecule has 0 amide bonds. The lowest BCUT2D eigenvalue weighted by molar-refractivity contribution is 1.10. The molecule has 4 aliphatic rings. The first-order chi connectivity index (χ1) is 38.7. The van der Waals surface area contributed by atoms with E-state index >= 15 is 0 Å². The van der Waals surface area contributed by atoms with Crippen molar-refractivity contribution < 1.29 is 0 Å². The van der Waals surface area contributed by atoms with Gasteiger partial charge < -0.3 is 13.7 Å². The van der Waals surface area contributed by atoms with E-state index in [1.165, 1.54) is 181 Å². The van der Waals surface area contributed by atoms with Crippen molar-refractivity contribution in [2.24, 2.45) is 0 Å². The molecule has 2 aliphatic carbocycles. The van der Waals surface area contributed by atoms with Gasteiger partial charge in [0.25, 0.3) is 6.71 Å². The zero-order chi connectivity index (χ0) is 50.2. The Kier molecular flexibility index (Phi) is 7.22. The fraction of sp³-hybridized carbons (Fsp3) is 0. The van der Waals surface area contributed by atoms with Crippen LogP contribution in [0.2, 0.25) is 0 Å². The molecule has 3 aromatic heterocycles. The van der Waals surface area contributed by atoms with Crippen molar-refractivity contribution >= 4 is 110 Å². The van der Waals surface area contributed by atoms with E-state index in [-0.39, 0.29) is 6.71 Å². The molecule has 5 heterocycles. The summed E-state index contributed by atoms with van der Waals surface area (Å²) in [5.74, 6) is 0. The molecule has 354 valence electrons. The van der Waals surface area contributed by atoms with Gasteiger partial charge in [-0.25, -0.2) is 0 Å². The second-order valence-corrected chi connectivity index (χ2v) is 22.2. The SMILES string of the molecule is c1ccc(-c2ccc3c(c2)c2cc(-c4ccccc4)cc4c2n3-c2cc(-n3c5cccc6c5c5c7c(cccc7ccc53)-c3ccccc3-6)cc3c2B4c2ccc4c5c6c7c(cccc7ccc6n-3c25)-c2ccccc2-4)cc1. The summed E-state index contributed by atoms with van der Waals surface area (Å²) in [6.07, 6.45) is 0. The van der Waals surface area contributed by atoms with Gasteiger partial charge in [-0.05, 0) is 153 Å². The molecule has 0 spiro atoms. The van der Waals surface area contributed by atoms with Crippen LogP contribution in [0.3, 0.4) is 0 Å². The molecule has 0 fully saturated rings. The predicted octanol–water partition coefficient (Wildman–Crippen LogP) is 17.1. The van der Waals surface area contributed by atoms with Gasteiger partial charge in [0.2, 0.25) is 0 Å². The standard InChI is InChI=1S/C74H40BN3/c1-3-14-41(15-4-1)45-30-33-60-56(36-45)57-37-46(42-16-5-2-6-17-42)38-59-73(57)77(60)64-39-47(76-61-27-13-26-54-50-22-9-7-20-48(50)52-24-11-18-43-28-34-62(76)70(66(43)52)68(54)61)40-65-72(64)75(59)58-32-31-55-51-23-10-8-21-49(51)53-25-12-19-44-29-35-63-71(67(44)53)69(55)74(58)78(63)65/h1-40H. The lowest BCUT2D eigenvalue weighted by atomic mass is 9.34. The Morgan fingerprint density at radius 1 is 0.256 bits per heavy atom. The highest BCUT2D eigenvalue weighted by Crippen LogP contribution is 2.53. The smallest absolute Gasteiger partial charge is 0.252 e. The van der Waals surface area contributed by atoms with Crippen molar-refractivity contribution in [3.05, 3.63) is 243 Å². The first kappa shape index (κ1) is 40.2. The number of nitrogens with zero attached hydrogens (tertiary/aromatic N) is 3. The van der Waals surface area contributed by atoms with E-state index in [0.717, 1.165) is 5.69 Å². The lowest BCUT2D eigenvalue weighted by Crippen LogP contribution is -2.59. The molecule has 0 unspecified atom stereocenters. The number of hydrogen-bond donors (Lipinski definition) is 0. The van der Waals surface area contributed by atoms with Gasteiger partial charge in [0.05, 0.1) is 33.3 Å². The number of aromatic nitrogens is 3. The largest absolute Gasteiger partial charge is 0.310 e. The lowest BCUT2D eigenvalue weighted by Gasteiger charge is -2.35. The first-order valence-corrected chi connectivity index (χ1v) is 27.4. The van der Waals surface area contributed by atoms with Crippen LogP contribution >= 0.6 is 0 Å². The van der Waals surface area contributed by atoms with Crippen molar-refractivity contribution in [1.29, 1.82) is 0 Å². The van der Waals surface area contributed by atoms with Crippen LogP contribution < -0.4 is 16.4 Å². The Morgan fingerprint density at radius 2 is 0.756 bits per heavy atom. The van der Waals surface area contributed by atoms with E-state index < -0.39 is 0 Å². The molecule has 3 nitrogen and oxygen atoms in total. The van der Waals surface area contributed by atoms with Crippen molar-refractivity contribution in [3.8, 4) is 83.8 Å². The van der Waals surface area contributed by atoms with Gasteiger partial charge in [-0.2, -0.15) is 0 Å². The van der Waals surface area contributed by atoms with Crippen molar-refractivity contribution in [1.82, 2.24) is 13.7 Å². The summed E-state index contributed by atoms with van der Waals surface area (Å²) in [6.45, 7) is -0.0611. The maximum atomic E-state index is 2.70. The Bertz CT molecular complexity index is 5500. The molecule has 0 atom stereocenters. The van der Waals surface area contributed by atoms with E-state index in [1.54, 1.807) is 0 Å². The number of benzene rings is 13. The van der Waals surface area contributed by atoms with Crippen LogP contribution in [0.1, 0.15) is 0 Å². The third kappa shape index (κ3) is 4.73. The Morgan fingerprint density at radius 3 is 1.41 bits per heavy atom. The Hall–Kier alpha value is -10.2. The first-order valence-electron chi connectivity index (χ1n) is 27.4. The minimum atomic E-state index is -0.0611. The molecule has 0 bridgehead atoms. The summed E-state index contributed by atoms with van der Waals surface area (Å²) in [7, 11) is 0. The molecule has 0 saturated heterocycles.